The van der Waals surface area contributed by atoms with E-state index in [4.69, 9.17) is 14.1 Å². The summed E-state index contributed by atoms with van der Waals surface area (Å²) in [5.41, 5.74) is 1.93. The van der Waals surface area contributed by atoms with Gasteiger partial charge in [-0.15, -0.1) is 5.16 Å². The molecule has 0 bridgehead atoms. The van der Waals surface area contributed by atoms with Gasteiger partial charge in [-0.05, 0) is 35.2 Å². The van der Waals surface area contributed by atoms with Crippen LogP contribution in [0.3, 0.4) is 0 Å². The summed E-state index contributed by atoms with van der Waals surface area (Å²) in [4.78, 5) is 4.11. The van der Waals surface area contributed by atoms with E-state index in [9.17, 15) is 0 Å². The predicted octanol–water partition coefficient (Wildman–Crippen LogP) is 3.19. The third-order valence-corrected chi connectivity index (χ3v) is 3.28. The van der Waals surface area contributed by atoms with E-state index < -0.39 is 7.32 Å². The van der Waals surface area contributed by atoms with Crippen LogP contribution in [0.15, 0.2) is 47.8 Å². The number of rotatable bonds is 3. The van der Waals surface area contributed by atoms with Gasteiger partial charge in [0.15, 0.2) is 0 Å². The Morgan fingerprint density at radius 2 is 1.95 bits per heavy atom. The van der Waals surface area contributed by atoms with Crippen molar-refractivity contribution < 1.29 is 14.1 Å². The average Bonchev–Trinajstić information content (AvgIpc) is 2.89. The number of hydrogen-bond acceptors (Lipinski definition) is 5. The van der Waals surface area contributed by atoms with Gasteiger partial charge >= 0.3 is 7.32 Å². The molecule has 0 spiro atoms. The highest BCUT2D eigenvalue weighted by Gasteiger charge is 2.38. The van der Waals surface area contributed by atoms with Gasteiger partial charge in [0.05, 0.1) is 11.9 Å². The van der Waals surface area contributed by atoms with E-state index in [0.717, 1.165) is 0 Å². The molecular weight excluding hydrogens is 279 g/mol. The maximum absolute atomic E-state index is 5.60. The van der Waals surface area contributed by atoms with Crippen LogP contribution in [0.4, 0.5) is 0 Å². The summed E-state index contributed by atoms with van der Waals surface area (Å²) in [7, 11) is -0.870. The number of aromatic nitrogens is 1. The molecule has 0 saturated carbocycles. The standard InChI is InChI=1S/C16H17BN2O3/c1-16(2,3)12-7-8-14-15(10-12)21-17(20-14)22-19-11-13-6-4-5-9-18-13/h4-11H,1-3H3/b19-11+. The molecule has 1 aromatic heterocycles. The van der Waals surface area contributed by atoms with Gasteiger partial charge in [-0.1, -0.05) is 32.9 Å². The van der Waals surface area contributed by atoms with Crippen LogP contribution in [-0.4, -0.2) is 18.5 Å². The van der Waals surface area contributed by atoms with Crippen molar-refractivity contribution >= 4 is 13.5 Å². The summed E-state index contributed by atoms with van der Waals surface area (Å²) < 4.78 is 16.3. The SMILES string of the molecule is CC(C)(C)c1ccc2c(c1)OB(O/N=C/c1ccccn1)O2. The van der Waals surface area contributed by atoms with Crippen LogP contribution in [0.1, 0.15) is 32.0 Å². The molecule has 2 aromatic rings. The lowest BCUT2D eigenvalue weighted by Crippen LogP contribution is -2.26. The van der Waals surface area contributed by atoms with Gasteiger partial charge in [0, 0.05) is 6.20 Å². The number of oxime groups is 1. The lowest BCUT2D eigenvalue weighted by molar-refractivity contribution is 0.235. The number of pyridine rings is 1. The Balaban J connectivity index is 1.64. The largest absolute Gasteiger partial charge is 0.886 e. The Morgan fingerprint density at radius 1 is 1.14 bits per heavy atom. The topological polar surface area (TPSA) is 52.9 Å². The van der Waals surface area contributed by atoms with Crippen molar-refractivity contribution in [3.8, 4) is 11.5 Å². The number of benzene rings is 1. The molecule has 112 valence electrons. The van der Waals surface area contributed by atoms with Crippen molar-refractivity contribution in [2.75, 3.05) is 0 Å². The van der Waals surface area contributed by atoms with Gasteiger partial charge in [0.25, 0.3) is 0 Å². The maximum Gasteiger partial charge on any atom is 0.886 e. The predicted molar refractivity (Wildman–Crippen MR) is 85.1 cm³/mol. The van der Waals surface area contributed by atoms with Crippen LogP contribution >= 0.6 is 0 Å². The molecule has 0 radical (unpaired) electrons. The third-order valence-electron chi connectivity index (χ3n) is 3.28. The zero-order valence-corrected chi connectivity index (χ0v) is 12.8. The van der Waals surface area contributed by atoms with Crippen molar-refractivity contribution in [3.05, 3.63) is 53.9 Å². The first-order valence-electron chi connectivity index (χ1n) is 7.10. The molecule has 1 aliphatic heterocycles. The molecule has 22 heavy (non-hydrogen) atoms. The lowest BCUT2D eigenvalue weighted by Gasteiger charge is -2.19. The quantitative estimate of drug-likeness (QED) is 0.496. The summed E-state index contributed by atoms with van der Waals surface area (Å²) in [5.74, 6) is 1.33. The van der Waals surface area contributed by atoms with Crippen LogP contribution in [0.25, 0.3) is 0 Å². The van der Waals surface area contributed by atoms with E-state index in [1.807, 2.05) is 36.4 Å². The van der Waals surface area contributed by atoms with Crippen molar-refractivity contribution in [2.45, 2.75) is 26.2 Å². The minimum absolute atomic E-state index is 0.0501. The Morgan fingerprint density at radius 3 is 2.68 bits per heavy atom. The summed E-state index contributed by atoms with van der Waals surface area (Å²) in [6.45, 7) is 6.45. The molecule has 0 unspecified atom stereocenters. The fourth-order valence-corrected chi connectivity index (χ4v) is 2.02. The molecule has 0 saturated heterocycles. The molecule has 0 N–H and O–H groups in total. The average molecular weight is 296 g/mol. The molecule has 1 aromatic carbocycles. The molecule has 0 amide bonds. The van der Waals surface area contributed by atoms with Crippen molar-refractivity contribution in [1.29, 1.82) is 0 Å². The maximum atomic E-state index is 5.60. The number of nitrogens with zero attached hydrogens (tertiary/aromatic N) is 2. The second-order valence-electron chi connectivity index (χ2n) is 6.03. The van der Waals surface area contributed by atoms with Gasteiger partial charge in [-0.25, -0.2) is 0 Å². The van der Waals surface area contributed by atoms with Crippen molar-refractivity contribution in [1.82, 2.24) is 4.98 Å². The fraction of sp³-hybridized carbons (Fsp3) is 0.250. The second-order valence-corrected chi connectivity index (χ2v) is 6.03. The Bertz CT molecular complexity index is 684. The van der Waals surface area contributed by atoms with Crippen LogP contribution in [-0.2, 0) is 10.2 Å². The highest BCUT2D eigenvalue weighted by atomic mass is 16.8. The molecule has 2 heterocycles. The van der Waals surface area contributed by atoms with Crippen LogP contribution in [0, 0.1) is 0 Å². The molecule has 0 aliphatic carbocycles. The van der Waals surface area contributed by atoms with Crippen LogP contribution in [0.5, 0.6) is 11.5 Å². The lowest BCUT2D eigenvalue weighted by atomic mass is 9.87. The molecule has 0 fully saturated rings. The van der Waals surface area contributed by atoms with E-state index in [1.165, 1.54) is 11.8 Å². The monoisotopic (exact) mass is 296 g/mol. The minimum Gasteiger partial charge on any atom is -0.485 e. The van der Waals surface area contributed by atoms with E-state index in [2.05, 4.69) is 30.9 Å². The summed E-state index contributed by atoms with van der Waals surface area (Å²) in [6.07, 6.45) is 3.20. The summed E-state index contributed by atoms with van der Waals surface area (Å²) >= 11 is 0. The first kappa shape index (κ1) is 14.4. The molecule has 5 nitrogen and oxygen atoms in total. The van der Waals surface area contributed by atoms with Gasteiger partial charge in [0.1, 0.15) is 11.5 Å². The van der Waals surface area contributed by atoms with Crippen LogP contribution < -0.4 is 9.31 Å². The number of hydrogen-bond donors (Lipinski definition) is 0. The molecule has 1 aliphatic rings. The minimum atomic E-state index is -0.870. The fourth-order valence-electron chi connectivity index (χ4n) is 2.02. The summed E-state index contributed by atoms with van der Waals surface area (Å²) in [6, 6.07) is 11.4. The smallest absolute Gasteiger partial charge is 0.485 e. The highest BCUT2D eigenvalue weighted by Crippen LogP contribution is 2.37. The van der Waals surface area contributed by atoms with Crippen molar-refractivity contribution in [3.63, 3.8) is 0 Å². The van der Waals surface area contributed by atoms with Crippen molar-refractivity contribution in [2.24, 2.45) is 5.16 Å². The van der Waals surface area contributed by atoms with E-state index in [1.54, 1.807) is 6.20 Å². The van der Waals surface area contributed by atoms with Gasteiger partial charge in [-0.3, -0.25) is 4.98 Å². The van der Waals surface area contributed by atoms with E-state index in [0.29, 0.717) is 17.2 Å². The first-order chi connectivity index (χ1) is 10.5. The van der Waals surface area contributed by atoms with E-state index in [-0.39, 0.29) is 5.41 Å². The van der Waals surface area contributed by atoms with E-state index >= 15 is 0 Å². The Hall–Kier alpha value is -2.50. The summed E-state index contributed by atoms with van der Waals surface area (Å²) in [5, 5.41) is 3.84. The van der Waals surface area contributed by atoms with Gasteiger partial charge in [-0.2, -0.15) is 0 Å². The zero-order chi connectivity index (χ0) is 15.6. The zero-order valence-electron chi connectivity index (χ0n) is 12.8. The third kappa shape index (κ3) is 3.22. The highest BCUT2D eigenvalue weighted by molar-refractivity contribution is 6.40. The van der Waals surface area contributed by atoms with Gasteiger partial charge < -0.3 is 14.1 Å². The number of fused-ring (bicyclic) bond motifs is 1. The van der Waals surface area contributed by atoms with Gasteiger partial charge in [0.2, 0.25) is 0 Å². The molecular formula is C16H17BN2O3. The molecule has 3 rings (SSSR count). The Labute approximate surface area is 130 Å². The molecule has 0 atom stereocenters. The van der Waals surface area contributed by atoms with Crippen LogP contribution in [0.2, 0.25) is 0 Å². The first-order valence-corrected chi connectivity index (χ1v) is 7.10. The normalized spacial score (nSPS) is 13.7. The Kier molecular flexibility index (Phi) is 3.75. The molecule has 6 heteroatoms. The second kappa shape index (κ2) is 5.71.